The van der Waals surface area contributed by atoms with Gasteiger partial charge in [-0.05, 0) is 18.1 Å². The molecule has 16 heavy (non-hydrogen) atoms. The van der Waals surface area contributed by atoms with Crippen LogP contribution in [-0.2, 0) is 13.0 Å². The standard InChI is InChI=1S/C11H12N4O/c12-11(16)10-4-2-1-3-9(10)5-6-15-8-13-7-14-15/h1-4,7-8H,5-6H2,(H2,12,16). The van der Waals surface area contributed by atoms with E-state index in [1.165, 1.54) is 6.33 Å². The van der Waals surface area contributed by atoms with Gasteiger partial charge >= 0.3 is 0 Å². The zero-order valence-corrected chi connectivity index (χ0v) is 8.71. The predicted molar refractivity (Wildman–Crippen MR) is 58.7 cm³/mol. The number of amides is 1. The molecule has 0 spiro atoms. The summed E-state index contributed by atoms with van der Waals surface area (Å²) in [4.78, 5) is 15.0. The maximum atomic E-state index is 11.2. The zero-order valence-electron chi connectivity index (χ0n) is 8.71. The molecular weight excluding hydrogens is 204 g/mol. The van der Waals surface area contributed by atoms with Crippen molar-refractivity contribution in [3.63, 3.8) is 0 Å². The van der Waals surface area contributed by atoms with Crippen molar-refractivity contribution in [3.8, 4) is 0 Å². The number of hydrogen-bond acceptors (Lipinski definition) is 3. The van der Waals surface area contributed by atoms with E-state index in [4.69, 9.17) is 5.73 Å². The summed E-state index contributed by atoms with van der Waals surface area (Å²) in [7, 11) is 0. The number of hydrogen-bond donors (Lipinski definition) is 1. The minimum atomic E-state index is -0.394. The highest BCUT2D eigenvalue weighted by molar-refractivity contribution is 5.94. The van der Waals surface area contributed by atoms with Gasteiger partial charge < -0.3 is 5.73 Å². The van der Waals surface area contributed by atoms with Crippen LogP contribution in [0.1, 0.15) is 15.9 Å². The first kappa shape index (κ1) is 10.4. The Hall–Kier alpha value is -2.17. The number of nitrogens with zero attached hydrogens (tertiary/aromatic N) is 3. The summed E-state index contributed by atoms with van der Waals surface area (Å²) >= 11 is 0. The molecule has 0 aliphatic rings. The van der Waals surface area contributed by atoms with Gasteiger partial charge in [0.2, 0.25) is 5.91 Å². The fraction of sp³-hybridized carbons (Fsp3) is 0.182. The lowest BCUT2D eigenvalue weighted by molar-refractivity contribution is 0.0999. The van der Waals surface area contributed by atoms with E-state index in [1.54, 1.807) is 23.1 Å². The fourth-order valence-corrected chi connectivity index (χ4v) is 1.56. The molecule has 1 aromatic heterocycles. The Morgan fingerprint density at radius 2 is 2.19 bits per heavy atom. The molecule has 1 heterocycles. The molecule has 0 fully saturated rings. The minimum Gasteiger partial charge on any atom is -0.366 e. The quantitative estimate of drug-likeness (QED) is 0.814. The van der Waals surface area contributed by atoms with Gasteiger partial charge in [0.05, 0.1) is 0 Å². The van der Waals surface area contributed by atoms with Crippen LogP contribution in [0.25, 0.3) is 0 Å². The second-order valence-corrected chi connectivity index (χ2v) is 3.43. The second-order valence-electron chi connectivity index (χ2n) is 3.43. The minimum absolute atomic E-state index is 0.394. The van der Waals surface area contributed by atoms with Gasteiger partial charge in [-0.2, -0.15) is 5.10 Å². The lowest BCUT2D eigenvalue weighted by Gasteiger charge is -2.05. The highest BCUT2D eigenvalue weighted by atomic mass is 16.1. The molecule has 0 saturated heterocycles. The number of carbonyl (C=O) groups is 1. The molecular formula is C11H12N4O. The number of benzene rings is 1. The molecule has 0 saturated carbocycles. The van der Waals surface area contributed by atoms with E-state index >= 15 is 0 Å². The van der Waals surface area contributed by atoms with Gasteiger partial charge in [-0.3, -0.25) is 9.48 Å². The van der Waals surface area contributed by atoms with Crippen molar-refractivity contribution >= 4 is 5.91 Å². The third kappa shape index (κ3) is 2.25. The number of primary amides is 1. The van der Waals surface area contributed by atoms with Crippen LogP contribution >= 0.6 is 0 Å². The van der Waals surface area contributed by atoms with Crippen molar-refractivity contribution in [1.29, 1.82) is 0 Å². The van der Waals surface area contributed by atoms with Crippen LogP contribution in [0, 0.1) is 0 Å². The lowest BCUT2D eigenvalue weighted by Crippen LogP contribution is -2.14. The highest BCUT2D eigenvalue weighted by Crippen LogP contribution is 2.09. The van der Waals surface area contributed by atoms with Crippen molar-refractivity contribution in [2.75, 3.05) is 0 Å². The molecule has 0 bridgehead atoms. The summed E-state index contributed by atoms with van der Waals surface area (Å²) in [6.07, 6.45) is 3.84. The van der Waals surface area contributed by atoms with E-state index in [-0.39, 0.29) is 0 Å². The summed E-state index contributed by atoms with van der Waals surface area (Å²) in [5, 5.41) is 4.00. The summed E-state index contributed by atoms with van der Waals surface area (Å²) in [6.45, 7) is 0.685. The number of nitrogens with two attached hydrogens (primary N) is 1. The topological polar surface area (TPSA) is 73.8 Å². The average molecular weight is 216 g/mol. The predicted octanol–water partition coefficient (Wildman–Crippen LogP) is 0.620. The Kier molecular flexibility index (Phi) is 2.95. The van der Waals surface area contributed by atoms with Gasteiger partial charge in [0, 0.05) is 12.1 Å². The fourth-order valence-electron chi connectivity index (χ4n) is 1.56. The molecule has 1 amide bonds. The van der Waals surface area contributed by atoms with Crippen molar-refractivity contribution < 1.29 is 4.79 Å². The summed E-state index contributed by atoms with van der Waals surface area (Å²) < 4.78 is 1.72. The maximum Gasteiger partial charge on any atom is 0.248 e. The van der Waals surface area contributed by atoms with Crippen molar-refractivity contribution in [2.24, 2.45) is 5.73 Å². The maximum absolute atomic E-state index is 11.2. The van der Waals surface area contributed by atoms with Crippen LogP contribution in [0.15, 0.2) is 36.9 Å². The summed E-state index contributed by atoms with van der Waals surface area (Å²) in [5.74, 6) is -0.394. The van der Waals surface area contributed by atoms with Crippen LogP contribution in [0.4, 0.5) is 0 Å². The molecule has 5 heteroatoms. The molecule has 2 rings (SSSR count). The van der Waals surface area contributed by atoms with E-state index in [2.05, 4.69) is 10.1 Å². The molecule has 2 N–H and O–H groups in total. The van der Waals surface area contributed by atoms with Crippen molar-refractivity contribution in [2.45, 2.75) is 13.0 Å². The highest BCUT2D eigenvalue weighted by Gasteiger charge is 2.06. The molecule has 0 unspecified atom stereocenters. The van der Waals surface area contributed by atoms with Crippen LogP contribution in [-0.4, -0.2) is 20.7 Å². The number of rotatable bonds is 4. The smallest absolute Gasteiger partial charge is 0.248 e. The first-order valence-corrected chi connectivity index (χ1v) is 4.97. The van der Waals surface area contributed by atoms with Crippen LogP contribution in [0.5, 0.6) is 0 Å². The SMILES string of the molecule is NC(=O)c1ccccc1CCn1cncn1. The second kappa shape index (κ2) is 4.57. The Morgan fingerprint density at radius 3 is 2.88 bits per heavy atom. The molecule has 2 aromatic rings. The zero-order chi connectivity index (χ0) is 11.4. The third-order valence-electron chi connectivity index (χ3n) is 2.36. The van der Waals surface area contributed by atoms with Gasteiger partial charge in [0.1, 0.15) is 12.7 Å². The van der Waals surface area contributed by atoms with E-state index < -0.39 is 5.91 Å². The molecule has 0 aliphatic heterocycles. The molecule has 1 aromatic carbocycles. The first-order chi connectivity index (χ1) is 7.77. The molecule has 82 valence electrons. The monoisotopic (exact) mass is 216 g/mol. The first-order valence-electron chi connectivity index (χ1n) is 4.97. The van der Waals surface area contributed by atoms with Crippen molar-refractivity contribution in [1.82, 2.24) is 14.8 Å². The summed E-state index contributed by atoms with van der Waals surface area (Å²) in [6, 6.07) is 7.33. The Morgan fingerprint density at radius 1 is 1.38 bits per heavy atom. The van der Waals surface area contributed by atoms with Crippen LogP contribution < -0.4 is 5.73 Å². The Balaban J connectivity index is 2.12. The van der Waals surface area contributed by atoms with E-state index in [0.29, 0.717) is 18.5 Å². The number of carbonyl (C=O) groups excluding carboxylic acids is 1. The van der Waals surface area contributed by atoms with Crippen molar-refractivity contribution in [3.05, 3.63) is 48.0 Å². The van der Waals surface area contributed by atoms with Gasteiger partial charge in [0.25, 0.3) is 0 Å². The van der Waals surface area contributed by atoms with Crippen LogP contribution in [0.2, 0.25) is 0 Å². The third-order valence-corrected chi connectivity index (χ3v) is 2.36. The Bertz CT molecular complexity index is 478. The van der Waals surface area contributed by atoms with Gasteiger partial charge in [-0.25, -0.2) is 4.98 Å². The van der Waals surface area contributed by atoms with E-state index in [9.17, 15) is 4.79 Å². The van der Waals surface area contributed by atoms with E-state index in [1.807, 2.05) is 12.1 Å². The van der Waals surface area contributed by atoms with Gasteiger partial charge in [0.15, 0.2) is 0 Å². The molecule has 5 nitrogen and oxygen atoms in total. The molecule has 0 radical (unpaired) electrons. The number of aryl methyl sites for hydroxylation is 2. The Labute approximate surface area is 92.9 Å². The van der Waals surface area contributed by atoms with Gasteiger partial charge in [-0.1, -0.05) is 18.2 Å². The molecule has 0 aliphatic carbocycles. The average Bonchev–Trinajstić information content (AvgIpc) is 2.79. The lowest BCUT2D eigenvalue weighted by atomic mass is 10.0. The summed E-state index contributed by atoms with van der Waals surface area (Å²) in [5.41, 5.74) is 6.80. The normalized spacial score (nSPS) is 10.2. The molecule has 0 atom stereocenters. The van der Waals surface area contributed by atoms with Gasteiger partial charge in [-0.15, -0.1) is 0 Å². The number of aromatic nitrogens is 3. The largest absolute Gasteiger partial charge is 0.366 e. The van der Waals surface area contributed by atoms with Crippen LogP contribution in [0.3, 0.4) is 0 Å². The van der Waals surface area contributed by atoms with E-state index in [0.717, 1.165) is 5.56 Å².